The Morgan fingerprint density at radius 3 is 1.55 bits per heavy atom. The molecule has 51 heavy (non-hydrogen) atoms. The SMILES string of the molecule is O=C(Nc1ccc(-c2cnc(-c3ccc(NC(=O)C4CCCN4C(=O)c4ccccc4F)cc3)o2)cc1)C1CCCN1C(=O)c1ccccc1F. The summed E-state index contributed by atoms with van der Waals surface area (Å²) in [5.74, 6) is -2.09. The Labute approximate surface area is 292 Å². The lowest BCUT2D eigenvalue weighted by atomic mass is 10.1. The van der Waals surface area contributed by atoms with E-state index in [9.17, 15) is 28.0 Å². The van der Waals surface area contributed by atoms with Crippen molar-refractivity contribution in [3.8, 4) is 22.8 Å². The van der Waals surface area contributed by atoms with Crippen LogP contribution in [0.3, 0.4) is 0 Å². The first-order valence-corrected chi connectivity index (χ1v) is 16.7. The molecule has 10 nitrogen and oxygen atoms in total. The zero-order chi connectivity index (χ0) is 35.5. The van der Waals surface area contributed by atoms with Crippen molar-refractivity contribution in [3.05, 3.63) is 126 Å². The minimum atomic E-state index is -0.710. The molecular weight excluding hydrogens is 656 g/mol. The highest BCUT2D eigenvalue weighted by Crippen LogP contribution is 2.29. The average Bonchev–Trinajstić information content (AvgIpc) is 3.94. The molecule has 2 aliphatic rings. The van der Waals surface area contributed by atoms with Crippen molar-refractivity contribution in [1.29, 1.82) is 0 Å². The highest BCUT2D eigenvalue weighted by atomic mass is 19.1. The van der Waals surface area contributed by atoms with Gasteiger partial charge in [0.2, 0.25) is 17.7 Å². The fraction of sp³-hybridized carbons (Fsp3) is 0.205. The summed E-state index contributed by atoms with van der Waals surface area (Å²) in [5, 5.41) is 5.72. The second-order valence-electron chi connectivity index (χ2n) is 12.4. The molecule has 4 amide bonds. The molecule has 2 saturated heterocycles. The lowest BCUT2D eigenvalue weighted by Gasteiger charge is -2.24. The van der Waals surface area contributed by atoms with E-state index in [-0.39, 0.29) is 22.9 Å². The fourth-order valence-corrected chi connectivity index (χ4v) is 6.55. The van der Waals surface area contributed by atoms with Gasteiger partial charge in [0, 0.05) is 35.6 Å². The quantitative estimate of drug-likeness (QED) is 0.185. The maximum Gasteiger partial charge on any atom is 0.257 e. The van der Waals surface area contributed by atoms with Gasteiger partial charge in [-0.2, -0.15) is 0 Å². The summed E-state index contributed by atoms with van der Waals surface area (Å²) in [4.78, 5) is 59.5. The number of carbonyl (C=O) groups is 4. The van der Waals surface area contributed by atoms with Crippen LogP contribution in [0.5, 0.6) is 0 Å². The second kappa shape index (κ2) is 14.4. The highest BCUT2D eigenvalue weighted by molar-refractivity contribution is 6.02. The third-order valence-electron chi connectivity index (χ3n) is 9.18. The van der Waals surface area contributed by atoms with Crippen LogP contribution in [0.2, 0.25) is 0 Å². The molecule has 5 aromatic rings. The minimum Gasteiger partial charge on any atom is -0.436 e. The molecule has 0 spiro atoms. The molecule has 0 aliphatic carbocycles. The van der Waals surface area contributed by atoms with E-state index in [1.165, 1.54) is 46.2 Å². The van der Waals surface area contributed by atoms with Crippen LogP contribution in [-0.4, -0.2) is 63.6 Å². The fourth-order valence-electron chi connectivity index (χ4n) is 6.55. The van der Waals surface area contributed by atoms with Gasteiger partial charge < -0.3 is 24.9 Å². The van der Waals surface area contributed by atoms with E-state index in [0.717, 1.165) is 5.56 Å². The summed E-state index contributed by atoms with van der Waals surface area (Å²) in [6, 6.07) is 24.0. The van der Waals surface area contributed by atoms with Gasteiger partial charge in [0.1, 0.15) is 23.7 Å². The number of benzene rings is 4. The van der Waals surface area contributed by atoms with Crippen LogP contribution in [0, 0.1) is 11.6 Å². The molecule has 0 radical (unpaired) electrons. The van der Waals surface area contributed by atoms with Gasteiger partial charge in [-0.1, -0.05) is 24.3 Å². The van der Waals surface area contributed by atoms with Gasteiger partial charge in [0.25, 0.3) is 11.8 Å². The molecule has 2 fully saturated rings. The molecule has 2 atom stereocenters. The van der Waals surface area contributed by atoms with Crippen LogP contribution in [-0.2, 0) is 9.59 Å². The lowest BCUT2D eigenvalue weighted by molar-refractivity contribution is -0.120. The number of nitrogens with zero attached hydrogens (tertiary/aromatic N) is 3. The number of anilines is 2. The number of likely N-dealkylation sites (tertiary alicyclic amines) is 2. The molecule has 3 heterocycles. The minimum absolute atomic E-state index is 0.0559. The molecule has 1 aromatic heterocycles. The number of hydrogen-bond donors (Lipinski definition) is 2. The number of carbonyl (C=O) groups excluding carboxylic acids is 4. The number of hydrogen-bond acceptors (Lipinski definition) is 6. The van der Waals surface area contributed by atoms with Crippen molar-refractivity contribution in [2.45, 2.75) is 37.8 Å². The molecule has 0 bridgehead atoms. The summed E-state index contributed by atoms with van der Waals surface area (Å²) in [6.07, 6.45) is 3.83. The number of aromatic nitrogens is 1. The van der Waals surface area contributed by atoms with E-state index in [1.54, 1.807) is 66.9 Å². The van der Waals surface area contributed by atoms with Gasteiger partial charge in [-0.05, 0) is 98.5 Å². The maximum absolute atomic E-state index is 14.2. The third-order valence-corrected chi connectivity index (χ3v) is 9.18. The zero-order valence-electron chi connectivity index (χ0n) is 27.4. The van der Waals surface area contributed by atoms with E-state index in [1.807, 2.05) is 0 Å². The molecule has 7 rings (SSSR count). The van der Waals surface area contributed by atoms with Gasteiger partial charge in [0.15, 0.2) is 5.76 Å². The van der Waals surface area contributed by atoms with E-state index in [2.05, 4.69) is 15.6 Å². The smallest absolute Gasteiger partial charge is 0.257 e. The van der Waals surface area contributed by atoms with Crippen LogP contribution >= 0.6 is 0 Å². The molecule has 4 aromatic carbocycles. The van der Waals surface area contributed by atoms with Crippen LogP contribution < -0.4 is 10.6 Å². The van der Waals surface area contributed by atoms with Crippen LogP contribution in [0.15, 0.2) is 108 Å². The number of nitrogens with one attached hydrogen (secondary N) is 2. The van der Waals surface area contributed by atoms with Crippen molar-refractivity contribution in [2.24, 2.45) is 0 Å². The van der Waals surface area contributed by atoms with Crippen LogP contribution in [0.25, 0.3) is 22.8 Å². The molecule has 2 unspecified atom stereocenters. The predicted molar refractivity (Wildman–Crippen MR) is 186 cm³/mol. The van der Waals surface area contributed by atoms with Crippen molar-refractivity contribution in [3.63, 3.8) is 0 Å². The van der Waals surface area contributed by atoms with Gasteiger partial charge in [0.05, 0.1) is 17.3 Å². The van der Waals surface area contributed by atoms with E-state index in [4.69, 9.17) is 4.42 Å². The van der Waals surface area contributed by atoms with Gasteiger partial charge in [-0.15, -0.1) is 0 Å². The van der Waals surface area contributed by atoms with Crippen molar-refractivity contribution in [1.82, 2.24) is 14.8 Å². The second-order valence-corrected chi connectivity index (χ2v) is 12.4. The third kappa shape index (κ3) is 6.98. The average molecular weight is 690 g/mol. The first kappa shape index (κ1) is 33.3. The Balaban J connectivity index is 0.955. The number of oxazole rings is 1. The molecule has 2 N–H and O–H groups in total. The normalized spacial score (nSPS) is 17.0. The first-order valence-electron chi connectivity index (χ1n) is 16.7. The summed E-state index contributed by atoms with van der Waals surface area (Å²) in [6.45, 7) is 0.739. The lowest BCUT2D eigenvalue weighted by Crippen LogP contribution is -2.43. The number of rotatable bonds is 8. The molecular formula is C39H33F2N5O5. The van der Waals surface area contributed by atoms with E-state index >= 15 is 0 Å². The summed E-state index contributed by atoms with van der Waals surface area (Å²) < 4.78 is 34.5. The maximum atomic E-state index is 14.2. The Bertz CT molecular complexity index is 1950. The standard InChI is InChI=1S/C39H33F2N5O5/c40-30-9-3-1-7-28(30)38(49)45-21-5-11-32(45)35(47)43-26-17-13-24(14-18-26)34-23-42-37(51-34)25-15-19-27(20-16-25)44-36(48)33-12-6-22-46(33)39(50)29-8-2-4-10-31(29)41/h1-4,7-10,13-20,23,32-33H,5-6,11-12,21-22H2,(H,43,47)(H,44,48). The Morgan fingerprint density at radius 2 is 1.08 bits per heavy atom. The molecule has 2 aliphatic heterocycles. The van der Waals surface area contributed by atoms with Gasteiger partial charge in [-0.3, -0.25) is 19.2 Å². The van der Waals surface area contributed by atoms with Crippen molar-refractivity contribution in [2.75, 3.05) is 23.7 Å². The van der Waals surface area contributed by atoms with Gasteiger partial charge >= 0.3 is 0 Å². The summed E-state index contributed by atoms with van der Waals surface area (Å²) in [7, 11) is 0. The van der Waals surface area contributed by atoms with E-state index in [0.29, 0.717) is 67.4 Å². The van der Waals surface area contributed by atoms with Crippen molar-refractivity contribution >= 4 is 35.0 Å². The summed E-state index contributed by atoms with van der Waals surface area (Å²) >= 11 is 0. The first-order chi connectivity index (χ1) is 24.8. The predicted octanol–water partition coefficient (Wildman–Crippen LogP) is 6.77. The van der Waals surface area contributed by atoms with E-state index < -0.39 is 35.5 Å². The molecule has 258 valence electrons. The summed E-state index contributed by atoms with van der Waals surface area (Å²) in [5.41, 5.74) is 2.34. The van der Waals surface area contributed by atoms with Crippen LogP contribution in [0.4, 0.5) is 20.2 Å². The van der Waals surface area contributed by atoms with Crippen LogP contribution in [0.1, 0.15) is 46.4 Å². The Kier molecular flexibility index (Phi) is 9.38. The largest absolute Gasteiger partial charge is 0.436 e. The monoisotopic (exact) mass is 689 g/mol. The number of halogens is 2. The topological polar surface area (TPSA) is 125 Å². The zero-order valence-corrected chi connectivity index (χ0v) is 27.4. The van der Waals surface area contributed by atoms with Crippen molar-refractivity contribution < 1.29 is 32.4 Å². The number of amides is 4. The highest BCUT2D eigenvalue weighted by Gasteiger charge is 2.36. The van der Waals surface area contributed by atoms with Gasteiger partial charge in [-0.25, -0.2) is 13.8 Å². The molecule has 0 saturated carbocycles. The Hall–Kier alpha value is -6.17. The molecule has 12 heteroatoms. The Morgan fingerprint density at radius 1 is 0.627 bits per heavy atom.